The van der Waals surface area contributed by atoms with E-state index in [0.29, 0.717) is 5.92 Å². The van der Waals surface area contributed by atoms with Gasteiger partial charge in [0.1, 0.15) is 6.10 Å². The van der Waals surface area contributed by atoms with Crippen molar-refractivity contribution < 1.29 is 28.8 Å². The number of hydrogen-bond acceptors (Lipinski definition) is 4. The number of aliphatic hydroxyl groups excluding tert-OH is 1. The average molecular weight is 253 g/mol. The van der Waals surface area contributed by atoms with Crippen LogP contribution in [0.5, 0.6) is 0 Å². The van der Waals surface area contributed by atoms with Crippen LogP contribution in [-0.2, 0) is 13.9 Å². The molecule has 0 rings (SSSR count). The molecule has 0 amide bonds. The lowest BCUT2D eigenvalue weighted by atomic mass is 10.2. The molecule has 0 aromatic heterocycles. The number of rotatable bonds is 5. The lowest BCUT2D eigenvalue weighted by Crippen LogP contribution is -2.23. The van der Waals surface area contributed by atoms with E-state index in [4.69, 9.17) is 14.9 Å². The van der Waals surface area contributed by atoms with Crippen LogP contribution in [0.2, 0.25) is 0 Å². The fourth-order valence-electron chi connectivity index (χ4n) is 0.386. The Balaban J connectivity index is 0. The molecule has 0 aliphatic heterocycles. The standard InChI is InChI=1S/C5H9O6P.C4H9/c1-2-4(6)5(7)3-11-12(8,9)10;1-4(2)3/h2,5,7H,1,3H2,(H2,8,9,10);4H,1H2,2-3H3. The summed E-state index contributed by atoms with van der Waals surface area (Å²) in [6.07, 6.45) is -0.733. The number of hydrogen-bond donors (Lipinski definition) is 3. The molecule has 0 spiro atoms. The maximum atomic E-state index is 10.5. The first kappa shape index (κ1) is 17.9. The largest absolute Gasteiger partial charge is 0.469 e. The van der Waals surface area contributed by atoms with Crippen molar-refractivity contribution in [1.82, 2.24) is 0 Å². The summed E-state index contributed by atoms with van der Waals surface area (Å²) < 4.78 is 13.9. The van der Waals surface area contributed by atoms with Gasteiger partial charge in [0.25, 0.3) is 0 Å². The number of phosphoric acid groups is 1. The lowest BCUT2D eigenvalue weighted by Gasteiger charge is -2.07. The van der Waals surface area contributed by atoms with Crippen molar-refractivity contribution in [2.45, 2.75) is 20.0 Å². The van der Waals surface area contributed by atoms with Crippen LogP contribution < -0.4 is 0 Å². The third-order valence-corrected chi connectivity index (χ3v) is 1.42. The summed E-state index contributed by atoms with van der Waals surface area (Å²) in [5.74, 6) is -0.163. The van der Waals surface area contributed by atoms with Gasteiger partial charge in [-0.3, -0.25) is 9.32 Å². The van der Waals surface area contributed by atoms with E-state index in [2.05, 4.69) is 31.9 Å². The van der Waals surface area contributed by atoms with Gasteiger partial charge in [-0.2, -0.15) is 0 Å². The molecule has 0 aliphatic rings. The molecule has 7 heteroatoms. The van der Waals surface area contributed by atoms with Crippen molar-refractivity contribution >= 4 is 13.6 Å². The molecule has 0 bridgehead atoms. The average Bonchev–Trinajstić information content (AvgIpc) is 2.10. The van der Waals surface area contributed by atoms with Crippen molar-refractivity contribution in [3.63, 3.8) is 0 Å². The summed E-state index contributed by atoms with van der Waals surface area (Å²) in [6, 6.07) is 0. The van der Waals surface area contributed by atoms with Gasteiger partial charge in [0, 0.05) is 0 Å². The molecule has 0 saturated carbocycles. The Kier molecular flexibility index (Phi) is 9.61. The zero-order valence-electron chi connectivity index (χ0n) is 9.37. The maximum Gasteiger partial charge on any atom is 0.469 e. The fourth-order valence-corrected chi connectivity index (χ4v) is 0.721. The van der Waals surface area contributed by atoms with E-state index < -0.39 is 26.3 Å². The highest BCUT2D eigenvalue weighted by Crippen LogP contribution is 2.35. The molecule has 1 unspecified atom stereocenters. The molecule has 0 saturated heterocycles. The van der Waals surface area contributed by atoms with Crippen molar-refractivity contribution in [2.75, 3.05) is 6.61 Å². The van der Waals surface area contributed by atoms with Gasteiger partial charge >= 0.3 is 7.82 Å². The Morgan fingerprint density at radius 1 is 1.50 bits per heavy atom. The first-order valence-electron chi connectivity index (χ1n) is 4.47. The molecule has 16 heavy (non-hydrogen) atoms. The normalized spacial score (nSPS) is 12.7. The molecule has 6 nitrogen and oxygen atoms in total. The molecule has 0 aliphatic carbocycles. The van der Waals surface area contributed by atoms with Crippen LogP contribution in [0.25, 0.3) is 0 Å². The second-order valence-corrected chi connectivity index (χ2v) is 4.54. The number of carbonyl (C=O) groups excluding carboxylic acids is 1. The Morgan fingerprint density at radius 3 is 2.12 bits per heavy atom. The van der Waals surface area contributed by atoms with E-state index >= 15 is 0 Å². The number of carbonyl (C=O) groups is 1. The second-order valence-electron chi connectivity index (χ2n) is 3.30. The SMILES string of the molecule is C=CC(=O)C(O)COP(=O)(O)O.[CH2]C(C)C. The van der Waals surface area contributed by atoms with E-state index in [1.165, 1.54) is 0 Å². The summed E-state index contributed by atoms with van der Waals surface area (Å²) in [4.78, 5) is 26.9. The molecular weight excluding hydrogens is 235 g/mol. The first-order valence-corrected chi connectivity index (χ1v) is 6.00. The van der Waals surface area contributed by atoms with E-state index in [-0.39, 0.29) is 0 Å². The minimum atomic E-state index is -4.62. The third-order valence-electron chi connectivity index (χ3n) is 0.930. The third kappa shape index (κ3) is 15.9. The van der Waals surface area contributed by atoms with Crippen LogP contribution in [-0.4, -0.2) is 33.4 Å². The summed E-state index contributed by atoms with van der Waals surface area (Å²) >= 11 is 0. The first-order chi connectivity index (χ1) is 7.10. The molecule has 0 aromatic carbocycles. The highest BCUT2D eigenvalue weighted by molar-refractivity contribution is 7.46. The molecule has 0 aromatic rings. The van der Waals surface area contributed by atoms with Gasteiger partial charge in [-0.05, 0) is 12.0 Å². The van der Waals surface area contributed by atoms with Crippen LogP contribution in [0.15, 0.2) is 12.7 Å². The van der Waals surface area contributed by atoms with Gasteiger partial charge in [-0.25, -0.2) is 4.57 Å². The second kappa shape index (κ2) is 8.61. The summed E-state index contributed by atoms with van der Waals surface area (Å²) in [5.41, 5.74) is 0. The zero-order chi connectivity index (χ0) is 13.4. The maximum absolute atomic E-state index is 10.5. The number of phosphoric ester groups is 1. The van der Waals surface area contributed by atoms with Crippen molar-refractivity contribution in [3.05, 3.63) is 19.6 Å². The quantitative estimate of drug-likeness (QED) is 0.492. The number of aliphatic hydroxyl groups is 1. The summed E-state index contributed by atoms with van der Waals surface area (Å²) in [5, 5.41) is 8.79. The van der Waals surface area contributed by atoms with Crippen molar-refractivity contribution in [3.8, 4) is 0 Å². The van der Waals surface area contributed by atoms with Crippen LogP contribution in [0, 0.1) is 12.8 Å². The Hall–Kier alpha value is -0.520. The van der Waals surface area contributed by atoms with E-state index in [0.717, 1.165) is 6.08 Å². The molecule has 1 atom stereocenters. The Labute approximate surface area is 95.2 Å². The molecular formula is C9H18O6P. The summed E-state index contributed by atoms with van der Waals surface area (Å²) in [7, 11) is -4.62. The zero-order valence-corrected chi connectivity index (χ0v) is 10.3. The summed E-state index contributed by atoms with van der Waals surface area (Å²) in [6.45, 7) is 10.1. The van der Waals surface area contributed by atoms with Crippen molar-refractivity contribution in [1.29, 1.82) is 0 Å². The highest BCUT2D eigenvalue weighted by Gasteiger charge is 2.19. The molecule has 0 heterocycles. The van der Waals surface area contributed by atoms with Crippen LogP contribution in [0.1, 0.15) is 13.8 Å². The smallest absolute Gasteiger partial charge is 0.382 e. The van der Waals surface area contributed by atoms with E-state index in [1.54, 1.807) is 0 Å². The van der Waals surface area contributed by atoms with Gasteiger partial charge in [0.2, 0.25) is 0 Å². The number of ketones is 1. The van der Waals surface area contributed by atoms with Gasteiger partial charge in [0.15, 0.2) is 5.78 Å². The molecule has 95 valence electrons. The minimum absolute atomic E-state index is 0.583. The topological polar surface area (TPSA) is 104 Å². The molecule has 0 fully saturated rings. The molecule has 1 radical (unpaired) electrons. The minimum Gasteiger partial charge on any atom is -0.382 e. The van der Waals surface area contributed by atoms with Crippen molar-refractivity contribution in [2.24, 2.45) is 5.92 Å². The Bertz CT molecular complexity index is 254. The van der Waals surface area contributed by atoms with Gasteiger partial charge in [0.05, 0.1) is 6.61 Å². The van der Waals surface area contributed by atoms with Gasteiger partial charge < -0.3 is 14.9 Å². The fraction of sp³-hybridized carbons (Fsp3) is 0.556. The predicted octanol–water partition coefficient (Wildman–Crippen LogP) is 0.688. The predicted molar refractivity (Wildman–Crippen MR) is 59.4 cm³/mol. The molecule has 3 N–H and O–H groups in total. The van der Waals surface area contributed by atoms with Crippen LogP contribution in [0.4, 0.5) is 0 Å². The van der Waals surface area contributed by atoms with E-state index in [9.17, 15) is 9.36 Å². The van der Waals surface area contributed by atoms with Gasteiger partial charge in [-0.15, -0.1) is 0 Å². The highest BCUT2D eigenvalue weighted by atomic mass is 31.2. The van der Waals surface area contributed by atoms with Gasteiger partial charge in [-0.1, -0.05) is 27.4 Å². The van der Waals surface area contributed by atoms with E-state index in [1.807, 2.05) is 0 Å². The van der Waals surface area contributed by atoms with Crippen LogP contribution in [0.3, 0.4) is 0 Å². The Morgan fingerprint density at radius 2 is 1.88 bits per heavy atom. The lowest BCUT2D eigenvalue weighted by molar-refractivity contribution is -0.123. The van der Waals surface area contributed by atoms with Crippen LogP contribution >= 0.6 is 7.82 Å². The monoisotopic (exact) mass is 253 g/mol.